The van der Waals surface area contributed by atoms with E-state index in [0.29, 0.717) is 13.2 Å². The molecule has 19 heavy (non-hydrogen) atoms. The first kappa shape index (κ1) is 16.0. The molecule has 1 unspecified atom stereocenters. The molecule has 108 valence electrons. The van der Waals surface area contributed by atoms with Gasteiger partial charge in [-0.25, -0.2) is 0 Å². The molecule has 0 bridgehead atoms. The molecule has 0 aromatic heterocycles. The summed E-state index contributed by atoms with van der Waals surface area (Å²) in [4.78, 5) is 0. The third-order valence-electron chi connectivity index (χ3n) is 3.12. The highest BCUT2D eigenvalue weighted by Crippen LogP contribution is 2.24. The number of aryl methyl sites for hydroxylation is 1. The van der Waals surface area contributed by atoms with Gasteiger partial charge in [-0.15, -0.1) is 0 Å². The van der Waals surface area contributed by atoms with E-state index in [0.717, 1.165) is 37.2 Å². The number of hydrogen-bond acceptors (Lipinski definition) is 3. The first-order valence-electron chi connectivity index (χ1n) is 7.23. The van der Waals surface area contributed by atoms with E-state index in [-0.39, 0.29) is 6.04 Å². The quantitative estimate of drug-likeness (QED) is 0.698. The Morgan fingerprint density at radius 3 is 2.63 bits per heavy atom. The highest BCUT2D eigenvalue weighted by atomic mass is 16.5. The minimum absolute atomic E-state index is 0.195. The fourth-order valence-corrected chi connectivity index (χ4v) is 1.96. The summed E-state index contributed by atoms with van der Waals surface area (Å²) in [6.07, 6.45) is 2.89. The topological polar surface area (TPSA) is 44.5 Å². The van der Waals surface area contributed by atoms with Gasteiger partial charge in [0.05, 0.1) is 6.61 Å². The van der Waals surface area contributed by atoms with E-state index in [1.54, 1.807) is 0 Å². The van der Waals surface area contributed by atoms with E-state index in [1.807, 2.05) is 0 Å². The number of nitrogens with two attached hydrogens (primary N) is 1. The first-order chi connectivity index (χ1) is 9.19. The van der Waals surface area contributed by atoms with Gasteiger partial charge in [0.25, 0.3) is 0 Å². The van der Waals surface area contributed by atoms with Crippen LogP contribution in [0.5, 0.6) is 5.75 Å². The summed E-state index contributed by atoms with van der Waals surface area (Å²) in [7, 11) is 0. The maximum Gasteiger partial charge on any atom is 0.125 e. The second kappa shape index (κ2) is 8.94. The maximum absolute atomic E-state index is 6.04. The van der Waals surface area contributed by atoms with Gasteiger partial charge in [-0.1, -0.05) is 32.0 Å². The van der Waals surface area contributed by atoms with Crippen LogP contribution in [-0.2, 0) is 11.2 Å². The number of benzene rings is 1. The van der Waals surface area contributed by atoms with Gasteiger partial charge >= 0.3 is 0 Å². The largest absolute Gasteiger partial charge is 0.491 e. The molecule has 0 saturated carbocycles. The van der Waals surface area contributed by atoms with E-state index in [9.17, 15) is 0 Å². The number of rotatable bonds is 9. The SMILES string of the molecule is CCCOCCOc1c(C)cccc1CC(N)CC. The van der Waals surface area contributed by atoms with E-state index < -0.39 is 0 Å². The Morgan fingerprint density at radius 2 is 1.95 bits per heavy atom. The van der Waals surface area contributed by atoms with Gasteiger partial charge in [0.15, 0.2) is 0 Å². The normalized spacial score (nSPS) is 12.4. The standard InChI is InChI=1S/C16H27NO2/c1-4-9-18-10-11-19-16-13(3)7-6-8-14(16)12-15(17)5-2/h6-8,15H,4-5,9-12,17H2,1-3H3. The zero-order valence-electron chi connectivity index (χ0n) is 12.4. The summed E-state index contributed by atoms with van der Waals surface area (Å²) in [6.45, 7) is 8.32. The van der Waals surface area contributed by atoms with Crippen LogP contribution in [0, 0.1) is 6.92 Å². The number of hydrogen-bond donors (Lipinski definition) is 1. The molecule has 0 fully saturated rings. The van der Waals surface area contributed by atoms with Crippen molar-refractivity contribution >= 4 is 0 Å². The molecule has 0 aliphatic carbocycles. The van der Waals surface area contributed by atoms with Gasteiger partial charge in [-0.2, -0.15) is 0 Å². The molecule has 1 aromatic rings. The molecule has 0 saturated heterocycles. The second-order valence-electron chi connectivity index (χ2n) is 4.90. The molecule has 1 atom stereocenters. The summed E-state index contributed by atoms with van der Waals surface area (Å²) in [5.41, 5.74) is 8.40. The average Bonchev–Trinajstić information content (AvgIpc) is 2.41. The van der Waals surface area contributed by atoms with Crippen molar-refractivity contribution in [2.24, 2.45) is 5.73 Å². The Balaban J connectivity index is 2.59. The van der Waals surface area contributed by atoms with Gasteiger partial charge in [-0.3, -0.25) is 0 Å². The Morgan fingerprint density at radius 1 is 1.16 bits per heavy atom. The van der Waals surface area contributed by atoms with Crippen LogP contribution >= 0.6 is 0 Å². The smallest absolute Gasteiger partial charge is 0.125 e. The Bertz CT molecular complexity index is 366. The lowest BCUT2D eigenvalue weighted by atomic mass is 10.0. The van der Waals surface area contributed by atoms with Gasteiger partial charge in [0.1, 0.15) is 12.4 Å². The minimum Gasteiger partial charge on any atom is -0.491 e. The molecule has 0 spiro atoms. The zero-order chi connectivity index (χ0) is 14.1. The molecular weight excluding hydrogens is 238 g/mol. The minimum atomic E-state index is 0.195. The van der Waals surface area contributed by atoms with Crippen molar-refractivity contribution in [3.63, 3.8) is 0 Å². The summed E-state index contributed by atoms with van der Waals surface area (Å²) in [5.74, 6) is 0.978. The Labute approximate surface area is 117 Å². The molecule has 0 aliphatic rings. The predicted molar refractivity (Wildman–Crippen MR) is 79.8 cm³/mol. The first-order valence-corrected chi connectivity index (χ1v) is 7.23. The third kappa shape index (κ3) is 5.62. The third-order valence-corrected chi connectivity index (χ3v) is 3.12. The fourth-order valence-electron chi connectivity index (χ4n) is 1.96. The van der Waals surface area contributed by atoms with Gasteiger partial charge in [0.2, 0.25) is 0 Å². The van der Waals surface area contributed by atoms with Crippen molar-refractivity contribution in [3.8, 4) is 5.75 Å². The van der Waals surface area contributed by atoms with Crippen molar-refractivity contribution in [3.05, 3.63) is 29.3 Å². The molecule has 1 aromatic carbocycles. The molecule has 0 radical (unpaired) electrons. The zero-order valence-corrected chi connectivity index (χ0v) is 12.4. The molecular formula is C16H27NO2. The highest BCUT2D eigenvalue weighted by Gasteiger charge is 2.10. The molecule has 3 nitrogen and oxygen atoms in total. The van der Waals surface area contributed by atoms with Gasteiger partial charge in [0, 0.05) is 12.6 Å². The van der Waals surface area contributed by atoms with Gasteiger partial charge in [-0.05, 0) is 37.3 Å². The molecule has 0 amide bonds. The molecule has 0 aliphatic heterocycles. The summed E-state index contributed by atoms with van der Waals surface area (Å²) >= 11 is 0. The van der Waals surface area contributed by atoms with Crippen LogP contribution in [0.3, 0.4) is 0 Å². The summed E-state index contributed by atoms with van der Waals surface area (Å²) < 4.78 is 11.3. The van der Waals surface area contributed by atoms with Crippen LogP contribution in [0.25, 0.3) is 0 Å². The molecule has 0 heterocycles. The van der Waals surface area contributed by atoms with E-state index in [4.69, 9.17) is 15.2 Å². The number of para-hydroxylation sites is 1. The van der Waals surface area contributed by atoms with E-state index in [2.05, 4.69) is 39.0 Å². The Kier molecular flexibility index (Phi) is 7.53. The lowest BCUT2D eigenvalue weighted by Gasteiger charge is -2.16. The number of ether oxygens (including phenoxy) is 2. The van der Waals surface area contributed by atoms with Crippen LogP contribution in [-0.4, -0.2) is 25.9 Å². The monoisotopic (exact) mass is 265 g/mol. The van der Waals surface area contributed by atoms with Crippen LogP contribution < -0.4 is 10.5 Å². The highest BCUT2D eigenvalue weighted by molar-refractivity contribution is 5.41. The van der Waals surface area contributed by atoms with E-state index >= 15 is 0 Å². The van der Waals surface area contributed by atoms with Crippen molar-refractivity contribution in [2.45, 2.75) is 46.1 Å². The van der Waals surface area contributed by atoms with Gasteiger partial charge < -0.3 is 15.2 Å². The van der Waals surface area contributed by atoms with E-state index in [1.165, 1.54) is 5.56 Å². The van der Waals surface area contributed by atoms with Crippen LogP contribution in [0.4, 0.5) is 0 Å². The molecule has 2 N–H and O–H groups in total. The second-order valence-corrected chi connectivity index (χ2v) is 4.90. The molecule has 3 heteroatoms. The molecule has 1 rings (SSSR count). The van der Waals surface area contributed by atoms with Crippen molar-refractivity contribution in [1.29, 1.82) is 0 Å². The van der Waals surface area contributed by atoms with Crippen LogP contribution in [0.2, 0.25) is 0 Å². The average molecular weight is 265 g/mol. The lowest BCUT2D eigenvalue weighted by molar-refractivity contribution is 0.1000. The summed E-state index contributed by atoms with van der Waals surface area (Å²) in [6, 6.07) is 6.43. The lowest BCUT2D eigenvalue weighted by Crippen LogP contribution is -2.22. The Hall–Kier alpha value is -1.06. The summed E-state index contributed by atoms with van der Waals surface area (Å²) in [5, 5.41) is 0. The predicted octanol–water partition coefficient (Wildman–Crippen LogP) is 3.08. The maximum atomic E-state index is 6.04. The van der Waals surface area contributed by atoms with Crippen molar-refractivity contribution in [2.75, 3.05) is 19.8 Å². The van der Waals surface area contributed by atoms with Crippen LogP contribution in [0.15, 0.2) is 18.2 Å². The van der Waals surface area contributed by atoms with Crippen molar-refractivity contribution < 1.29 is 9.47 Å². The fraction of sp³-hybridized carbons (Fsp3) is 0.625. The van der Waals surface area contributed by atoms with Crippen molar-refractivity contribution in [1.82, 2.24) is 0 Å². The van der Waals surface area contributed by atoms with Crippen LogP contribution in [0.1, 0.15) is 37.8 Å².